The largest absolute Gasteiger partial charge is 0.426 e. The fourth-order valence-corrected chi connectivity index (χ4v) is 5.02. The number of benzene rings is 2. The molecule has 2 atom stereocenters. The van der Waals surface area contributed by atoms with E-state index in [0.717, 1.165) is 25.8 Å². The zero-order valence-corrected chi connectivity index (χ0v) is 19.4. The van der Waals surface area contributed by atoms with Gasteiger partial charge in [0.2, 0.25) is 0 Å². The van der Waals surface area contributed by atoms with Gasteiger partial charge in [-0.15, -0.1) is 0 Å². The van der Waals surface area contributed by atoms with Gasteiger partial charge in [0, 0.05) is 43.5 Å². The molecule has 5 rings (SSSR count). The molecule has 2 unspecified atom stereocenters. The quantitative estimate of drug-likeness (QED) is 0.408. The molecule has 172 valence electrons. The third-order valence-corrected chi connectivity index (χ3v) is 6.54. The SMILES string of the molecule is CC(=O)Oc1cccc2c1CCC(Cn1cc(C(C3=CNC=CC=C3)c3ccccc3)cn1)C2. The summed E-state index contributed by atoms with van der Waals surface area (Å²) in [5.41, 5.74) is 6.06. The van der Waals surface area contributed by atoms with Crippen molar-refractivity contribution in [1.29, 1.82) is 0 Å². The molecule has 0 radical (unpaired) electrons. The number of hydrogen-bond acceptors (Lipinski definition) is 4. The summed E-state index contributed by atoms with van der Waals surface area (Å²) in [7, 11) is 0. The number of aromatic nitrogens is 2. The number of esters is 1. The van der Waals surface area contributed by atoms with Gasteiger partial charge in [-0.3, -0.25) is 9.48 Å². The molecule has 0 spiro atoms. The first-order chi connectivity index (χ1) is 16.7. The number of nitrogens with one attached hydrogen (secondary N) is 1. The van der Waals surface area contributed by atoms with Gasteiger partial charge >= 0.3 is 5.97 Å². The van der Waals surface area contributed by atoms with E-state index in [4.69, 9.17) is 9.84 Å². The fourth-order valence-electron chi connectivity index (χ4n) is 5.02. The van der Waals surface area contributed by atoms with Gasteiger partial charge in [0.05, 0.1) is 6.20 Å². The van der Waals surface area contributed by atoms with Gasteiger partial charge in [0.25, 0.3) is 0 Å². The van der Waals surface area contributed by atoms with Crippen molar-refractivity contribution in [3.05, 3.63) is 119 Å². The summed E-state index contributed by atoms with van der Waals surface area (Å²) in [6.07, 6.45) is 17.3. The van der Waals surface area contributed by atoms with E-state index in [-0.39, 0.29) is 11.9 Å². The standard InChI is InChI=1S/C29H29N3O2/c1-21(33)34-28-12-7-11-24-16-22(13-14-27(24)28)19-32-20-26(18-31-32)29(23-8-3-2-4-9-23)25-10-5-6-15-30-17-25/h2-12,15,17-18,20,22,29-30H,13-14,16,19H2,1H3. The third kappa shape index (κ3) is 4.88. The maximum Gasteiger partial charge on any atom is 0.308 e. The average Bonchev–Trinajstić information content (AvgIpc) is 3.12. The van der Waals surface area contributed by atoms with Crippen LogP contribution in [0.25, 0.3) is 0 Å². The van der Waals surface area contributed by atoms with E-state index >= 15 is 0 Å². The molecule has 1 N–H and O–H groups in total. The molecule has 2 aliphatic rings. The Bertz CT molecular complexity index is 1250. The molecule has 1 aliphatic heterocycles. The molecule has 0 bridgehead atoms. The highest BCUT2D eigenvalue weighted by atomic mass is 16.5. The number of nitrogens with zero attached hydrogens (tertiary/aromatic N) is 2. The Labute approximate surface area is 200 Å². The minimum absolute atomic E-state index is 0.108. The van der Waals surface area contributed by atoms with Crippen molar-refractivity contribution in [3.63, 3.8) is 0 Å². The van der Waals surface area contributed by atoms with Crippen LogP contribution in [-0.2, 0) is 24.2 Å². The summed E-state index contributed by atoms with van der Waals surface area (Å²) in [5.74, 6) is 1.04. The predicted octanol–water partition coefficient (Wildman–Crippen LogP) is 5.30. The number of rotatable bonds is 6. The lowest BCUT2D eigenvalue weighted by molar-refractivity contribution is -0.131. The lowest BCUT2D eigenvalue weighted by Gasteiger charge is -2.26. The second-order valence-corrected chi connectivity index (χ2v) is 8.96. The number of fused-ring (bicyclic) bond motifs is 1. The average molecular weight is 452 g/mol. The molecule has 0 amide bonds. The number of ether oxygens (including phenoxy) is 1. The molecule has 2 heterocycles. The Morgan fingerprint density at radius 2 is 2.03 bits per heavy atom. The Morgan fingerprint density at radius 3 is 2.88 bits per heavy atom. The van der Waals surface area contributed by atoms with Crippen LogP contribution in [0.5, 0.6) is 5.75 Å². The van der Waals surface area contributed by atoms with E-state index in [1.807, 2.05) is 30.6 Å². The zero-order chi connectivity index (χ0) is 23.3. The number of carbonyl (C=O) groups is 1. The Morgan fingerprint density at radius 1 is 1.15 bits per heavy atom. The monoisotopic (exact) mass is 451 g/mol. The lowest BCUT2D eigenvalue weighted by atomic mass is 9.83. The Hall–Kier alpha value is -3.86. The van der Waals surface area contributed by atoms with Crippen LogP contribution in [0.15, 0.2) is 97.1 Å². The van der Waals surface area contributed by atoms with Crippen molar-refractivity contribution in [2.24, 2.45) is 5.92 Å². The summed E-state index contributed by atoms with van der Waals surface area (Å²) >= 11 is 0. The number of carbonyl (C=O) groups excluding carboxylic acids is 1. The number of hydrogen-bond donors (Lipinski definition) is 1. The van der Waals surface area contributed by atoms with E-state index < -0.39 is 0 Å². The smallest absolute Gasteiger partial charge is 0.308 e. The Kier molecular flexibility index (Phi) is 6.43. The second-order valence-electron chi connectivity index (χ2n) is 8.96. The van der Waals surface area contributed by atoms with Crippen molar-refractivity contribution >= 4 is 5.97 Å². The van der Waals surface area contributed by atoms with Crippen molar-refractivity contribution < 1.29 is 9.53 Å². The third-order valence-electron chi connectivity index (χ3n) is 6.54. The molecule has 1 aromatic heterocycles. The first kappa shape index (κ1) is 22.0. The predicted molar refractivity (Wildman–Crippen MR) is 133 cm³/mol. The van der Waals surface area contributed by atoms with E-state index in [1.165, 1.54) is 34.8 Å². The topological polar surface area (TPSA) is 56.1 Å². The lowest BCUT2D eigenvalue weighted by Crippen LogP contribution is -2.20. The second kappa shape index (κ2) is 9.96. The minimum Gasteiger partial charge on any atom is -0.426 e. The van der Waals surface area contributed by atoms with Crippen LogP contribution in [0, 0.1) is 5.92 Å². The van der Waals surface area contributed by atoms with E-state index in [1.54, 1.807) is 0 Å². The van der Waals surface area contributed by atoms with E-state index in [2.05, 4.69) is 70.9 Å². The van der Waals surface area contributed by atoms with Crippen LogP contribution in [0.3, 0.4) is 0 Å². The van der Waals surface area contributed by atoms with Crippen molar-refractivity contribution in [2.75, 3.05) is 0 Å². The van der Waals surface area contributed by atoms with Gasteiger partial charge in [-0.2, -0.15) is 5.10 Å². The molecule has 5 nitrogen and oxygen atoms in total. The van der Waals surface area contributed by atoms with Gasteiger partial charge in [-0.05, 0) is 59.6 Å². The maximum absolute atomic E-state index is 11.4. The summed E-state index contributed by atoms with van der Waals surface area (Å²) < 4.78 is 7.51. The zero-order valence-electron chi connectivity index (χ0n) is 19.4. The summed E-state index contributed by atoms with van der Waals surface area (Å²) in [4.78, 5) is 11.4. The molecular weight excluding hydrogens is 422 g/mol. The van der Waals surface area contributed by atoms with Gasteiger partial charge in [-0.1, -0.05) is 54.6 Å². The highest BCUT2D eigenvalue weighted by molar-refractivity contribution is 5.70. The van der Waals surface area contributed by atoms with Crippen LogP contribution in [0.4, 0.5) is 0 Å². The highest BCUT2D eigenvalue weighted by Crippen LogP contribution is 2.35. The van der Waals surface area contributed by atoms with Crippen molar-refractivity contribution in [3.8, 4) is 5.75 Å². The summed E-state index contributed by atoms with van der Waals surface area (Å²) in [6, 6.07) is 16.6. The molecule has 34 heavy (non-hydrogen) atoms. The van der Waals surface area contributed by atoms with Crippen LogP contribution < -0.4 is 10.1 Å². The number of allylic oxidation sites excluding steroid dienone is 4. The Balaban J connectivity index is 1.35. The maximum atomic E-state index is 11.4. The first-order valence-corrected chi connectivity index (χ1v) is 11.8. The van der Waals surface area contributed by atoms with E-state index in [0.29, 0.717) is 11.7 Å². The van der Waals surface area contributed by atoms with Crippen LogP contribution in [0.2, 0.25) is 0 Å². The molecule has 2 aromatic carbocycles. The van der Waals surface area contributed by atoms with Crippen LogP contribution >= 0.6 is 0 Å². The molecule has 3 aromatic rings. The minimum atomic E-state index is -0.267. The van der Waals surface area contributed by atoms with Gasteiger partial charge in [0.15, 0.2) is 0 Å². The van der Waals surface area contributed by atoms with Gasteiger partial charge in [-0.25, -0.2) is 0 Å². The molecule has 0 saturated heterocycles. The summed E-state index contributed by atoms with van der Waals surface area (Å²) in [6.45, 7) is 2.32. The van der Waals surface area contributed by atoms with Crippen LogP contribution in [0.1, 0.15) is 41.5 Å². The van der Waals surface area contributed by atoms with Crippen molar-refractivity contribution in [2.45, 2.75) is 38.6 Å². The van der Waals surface area contributed by atoms with Crippen LogP contribution in [-0.4, -0.2) is 15.7 Å². The van der Waals surface area contributed by atoms with Crippen molar-refractivity contribution in [1.82, 2.24) is 15.1 Å². The van der Waals surface area contributed by atoms with Gasteiger partial charge in [0.1, 0.15) is 5.75 Å². The highest BCUT2D eigenvalue weighted by Gasteiger charge is 2.24. The van der Waals surface area contributed by atoms with E-state index in [9.17, 15) is 4.79 Å². The van der Waals surface area contributed by atoms with Gasteiger partial charge < -0.3 is 10.1 Å². The fraction of sp³-hybridized carbons (Fsp3) is 0.241. The summed E-state index contributed by atoms with van der Waals surface area (Å²) in [5, 5.41) is 8.00. The first-order valence-electron chi connectivity index (χ1n) is 11.8. The normalized spacial score (nSPS) is 17.8. The molecule has 0 saturated carbocycles. The molecule has 5 heteroatoms. The molecule has 0 fully saturated rings. The molecule has 1 aliphatic carbocycles. The molecular formula is C29H29N3O2.